The van der Waals surface area contributed by atoms with E-state index in [0.717, 1.165) is 0 Å². The van der Waals surface area contributed by atoms with E-state index in [4.69, 9.17) is 5.11 Å². The van der Waals surface area contributed by atoms with Crippen LogP contribution in [0, 0.1) is 6.92 Å². The van der Waals surface area contributed by atoms with Gasteiger partial charge in [-0.05, 0) is 19.4 Å². The zero-order valence-electron chi connectivity index (χ0n) is 14.8. The van der Waals surface area contributed by atoms with Gasteiger partial charge in [0, 0.05) is 24.9 Å². The Bertz CT molecular complexity index is 1170. The number of amides is 2. The highest BCUT2D eigenvalue weighted by Crippen LogP contribution is 2.42. The van der Waals surface area contributed by atoms with Crippen LogP contribution in [0.25, 0.3) is 16.1 Å². The number of benzene rings is 1. The molecule has 3 aromatic rings. The van der Waals surface area contributed by atoms with Gasteiger partial charge < -0.3 is 15.0 Å². The second-order valence-electron chi connectivity index (χ2n) is 6.17. The molecule has 0 spiro atoms. The highest BCUT2D eigenvalue weighted by Gasteiger charge is 2.33. The molecule has 11 heteroatoms. The van der Waals surface area contributed by atoms with Gasteiger partial charge in [-0.25, -0.2) is 23.2 Å². The van der Waals surface area contributed by atoms with Crippen molar-refractivity contribution >= 4 is 32.3 Å². The normalized spacial score (nSPS) is 13.3. The molecule has 0 aliphatic carbocycles. The summed E-state index contributed by atoms with van der Waals surface area (Å²) in [6.45, 7) is 2.10. The first kappa shape index (κ1) is 21.0. The molecule has 3 heterocycles. The van der Waals surface area contributed by atoms with Crippen LogP contribution < -0.4 is 10.6 Å². The molecule has 3 N–H and O–H groups in total. The van der Waals surface area contributed by atoms with Gasteiger partial charge in [-0.2, -0.15) is 0 Å². The summed E-state index contributed by atoms with van der Waals surface area (Å²) in [6, 6.07) is 4.81. The van der Waals surface area contributed by atoms with Crippen molar-refractivity contribution in [1.29, 1.82) is 0 Å². The number of sulfone groups is 1. The number of aromatic nitrogens is 3. The first-order valence-corrected chi connectivity index (χ1v) is 10.8. The minimum absolute atomic E-state index is 0. The molecule has 1 aliphatic rings. The van der Waals surface area contributed by atoms with Crippen molar-refractivity contribution < 1.29 is 18.3 Å². The van der Waals surface area contributed by atoms with Gasteiger partial charge in [0.2, 0.25) is 9.84 Å². The van der Waals surface area contributed by atoms with Gasteiger partial charge in [-0.15, -0.1) is 0 Å². The van der Waals surface area contributed by atoms with E-state index in [1.54, 1.807) is 29.7 Å². The fourth-order valence-corrected chi connectivity index (χ4v) is 5.60. The Morgan fingerprint density at radius 3 is 2.90 bits per heavy atom. The van der Waals surface area contributed by atoms with Crippen molar-refractivity contribution in [2.24, 2.45) is 0 Å². The van der Waals surface area contributed by atoms with Crippen molar-refractivity contribution in [3.63, 3.8) is 0 Å². The van der Waals surface area contributed by atoms with E-state index in [2.05, 4.69) is 20.6 Å². The summed E-state index contributed by atoms with van der Waals surface area (Å²) in [6.07, 6.45) is 3.43. The molecule has 1 aromatic carbocycles. The summed E-state index contributed by atoms with van der Waals surface area (Å²) < 4.78 is 27.6. The van der Waals surface area contributed by atoms with Crippen LogP contribution in [0.1, 0.15) is 19.5 Å². The highest BCUT2D eigenvalue weighted by molar-refractivity contribution is 7.91. The van der Waals surface area contributed by atoms with Gasteiger partial charge >= 0.3 is 6.03 Å². The second kappa shape index (κ2) is 7.93. The van der Waals surface area contributed by atoms with Crippen LogP contribution in [0.5, 0.6) is 0 Å². The lowest BCUT2D eigenvalue weighted by atomic mass is 10.1. The zero-order chi connectivity index (χ0) is 19.9. The standard InChI is InChI=1S/C17H17N5O4S2.CH4/c1-10-14(27-17(20-10)21-16(24)18-6-3-7-23)11-4-2-5-12-15(11)28(25,26)13-8-22(12)9-19-13;/h2,4-5,8-9,23H,3,6-7H2,1H3,(H2,18,20,21,24);1H4. The summed E-state index contributed by atoms with van der Waals surface area (Å²) in [5, 5.41) is 14.4. The molecule has 0 unspecified atom stereocenters. The number of hydrogen-bond donors (Lipinski definition) is 3. The third-order valence-electron chi connectivity index (χ3n) is 4.26. The van der Waals surface area contributed by atoms with E-state index in [0.29, 0.717) is 39.9 Å². The van der Waals surface area contributed by atoms with Gasteiger partial charge in [0.1, 0.15) is 11.2 Å². The zero-order valence-corrected chi connectivity index (χ0v) is 16.5. The van der Waals surface area contributed by atoms with Gasteiger partial charge in [0.05, 0.1) is 16.3 Å². The maximum Gasteiger partial charge on any atom is 0.321 e. The number of nitrogens with zero attached hydrogens (tertiary/aromatic N) is 3. The monoisotopic (exact) mass is 435 g/mol. The summed E-state index contributed by atoms with van der Waals surface area (Å²) in [5.74, 6) is 0. The van der Waals surface area contributed by atoms with E-state index < -0.39 is 15.9 Å². The smallest absolute Gasteiger partial charge is 0.321 e. The average Bonchev–Trinajstić information content (AvgIpc) is 3.26. The molecule has 0 radical (unpaired) electrons. The number of urea groups is 1. The van der Waals surface area contributed by atoms with Crippen molar-refractivity contribution in [3.05, 3.63) is 36.4 Å². The molecule has 0 saturated carbocycles. The van der Waals surface area contributed by atoms with Crippen LogP contribution >= 0.6 is 11.3 Å². The number of rotatable bonds is 5. The van der Waals surface area contributed by atoms with Gasteiger partial charge in [-0.1, -0.05) is 30.9 Å². The summed E-state index contributed by atoms with van der Waals surface area (Å²) >= 11 is 1.20. The van der Waals surface area contributed by atoms with E-state index in [1.165, 1.54) is 23.9 Å². The van der Waals surface area contributed by atoms with E-state index >= 15 is 0 Å². The largest absolute Gasteiger partial charge is 0.396 e. The topological polar surface area (TPSA) is 126 Å². The highest BCUT2D eigenvalue weighted by atomic mass is 32.2. The number of thiazole rings is 1. The maximum atomic E-state index is 13.0. The lowest BCUT2D eigenvalue weighted by molar-refractivity contribution is 0.249. The Labute approximate surface area is 172 Å². The summed E-state index contributed by atoms with van der Waals surface area (Å²) in [4.78, 5) is 21.1. The van der Waals surface area contributed by atoms with Crippen LogP contribution in [0.2, 0.25) is 0 Å². The van der Waals surface area contributed by atoms with Crippen LogP contribution in [-0.4, -0.2) is 47.2 Å². The molecular weight excluding hydrogens is 414 g/mol. The molecule has 0 atom stereocenters. The maximum absolute atomic E-state index is 13.0. The Hall–Kier alpha value is -2.76. The lowest BCUT2D eigenvalue weighted by Crippen LogP contribution is -2.29. The number of aliphatic hydroxyl groups is 1. The fraction of sp³-hybridized carbons (Fsp3) is 0.278. The number of anilines is 1. The molecule has 2 bridgehead atoms. The number of aryl methyl sites for hydroxylation is 1. The third-order valence-corrected chi connectivity index (χ3v) is 7.09. The summed E-state index contributed by atoms with van der Waals surface area (Å²) in [7, 11) is -3.74. The van der Waals surface area contributed by atoms with Crippen LogP contribution in [0.3, 0.4) is 0 Å². The predicted molar refractivity (Wildman–Crippen MR) is 110 cm³/mol. The third kappa shape index (κ3) is 3.63. The Kier molecular flexibility index (Phi) is 5.73. The molecule has 2 aromatic heterocycles. The first-order chi connectivity index (χ1) is 13.4. The molecule has 1 aliphatic heterocycles. The quantitative estimate of drug-likeness (QED) is 0.414. The van der Waals surface area contributed by atoms with E-state index in [9.17, 15) is 13.2 Å². The molecule has 9 nitrogen and oxygen atoms in total. The van der Waals surface area contributed by atoms with Gasteiger partial charge in [0.25, 0.3) is 0 Å². The van der Waals surface area contributed by atoms with Crippen LogP contribution in [0.4, 0.5) is 9.93 Å². The van der Waals surface area contributed by atoms with Crippen LogP contribution in [-0.2, 0) is 9.84 Å². The minimum Gasteiger partial charge on any atom is -0.396 e. The number of nitrogens with one attached hydrogen (secondary N) is 2. The molecule has 2 amide bonds. The minimum atomic E-state index is -3.74. The Morgan fingerprint density at radius 2 is 2.14 bits per heavy atom. The number of imidazole rings is 1. The summed E-state index contributed by atoms with van der Waals surface area (Å²) in [5.41, 5.74) is 1.68. The van der Waals surface area contributed by atoms with Crippen molar-refractivity contribution in [3.8, 4) is 16.1 Å². The number of hydrogen-bond acceptors (Lipinski definition) is 7. The molecule has 4 rings (SSSR count). The molecule has 0 saturated heterocycles. The molecular formula is C18H21N5O4S2. The first-order valence-electron chi connectivity index (χ1n) is 8.48. The number of carbonyl (C=O) groups is 1. The van der Waals surface area contributed by atoms with Crippen LogP contribution in [0.15, 0.2) is 40.6 Å². The molecule has 0 fully saturated rings. The number of carbonyl (C=O) groups excluding carboxylic acids is 1. The van der Waals surface area contributed by atoms with E-state index in [1.807, 2.05) is 0 Å². The fourth-order valence-electron chi connectivity index (χ4n) is 2.99. The van der Waals surface area contributed by atoms with Crippen molar-refractivity contribution in [2.45, 2.75) is 30.7 Å². The van der Waals surface area contributed by atoms with Crippen molar-refractivity contribution in [2.75, 3.05) is 18.5 Å². The number of aliphatic hydroxyl groups excluding tert-OH is 1. The lowest BCUT2D eigenvalue weighted by Gasteiger charge is -2.16. The second-order valence-corrected chi connectivity index (χ2v) is 9.00. The van der Waals surface area contributed by atoms with E-state index in [-0.39, 0.29) is 24.0 Å². The van der Waals surface area contributed by atoms with Gasteiger partial charge in [-0.3, -0.25) is 5.32 Å². The Balaban J connectivity index is 0.00000240. The Morgan fingerprint density at radius 1 is 1.34 bits per heavy atom. The van der Waals surface area contributed by atoms with Crippen molar-refractivity contribution in [1.82, 2.24) is 19.9 Å². The SMILES string of the molecule is C.Cc1nc(NC(=O)NCCCO)sc1-c1cccc2c1S(=O)(=O)c1cn-2cn1. The average molecular weight is 436 g/mol. The van der Waals surface area contributed by atoms with Gasteiger partial charge in [0.15, 0.2) is 10.2 Å². The predicted octanol–water partition coefficient (Wildman–Crippen LogP) is 2.59. The molecule has 154 valence electrons. The molecule has 29 heavy (non-hydrogen) atoms. The number of fused-ring (bicyclic) bond motifs is 4.